The van der Waals surface area contributed by atoms with Crippen molar-refractivity contribution in [3.05, 3.63) is 0 Å². The van der Waals surface area contributed by atoms with E-state index in [4.69, 9.17) is 15.0 Å². The number of likely N-dealkylation sites (N-methyl/N-ethyl adjacent to an activating group) is 1. The van der Waals surface area contributed by atoms with E-state index in [0.29, 0.717) is 38.5 Å². The number of nitrogens with two attached hydrogens (primary N) is 1. The minimum Gasteiger partial charge on any atom is -0.479 e. The van der Waals surface area contributed by atoms with Crippen molar-refractivity contribution in [1.29, 1.82) is 0 Å². The molecule has 0 spiro atoms. The van der Waals surface area contributed by atoms with Crippen molar-refractivity contribution >= 4 is 31.4 Å². The average molecular weight is 407 g/mol. The van der Waals surface area contributed by atoms with Crippen molar-refractivity contribution in [3.8, 4) is 0 Å². The van der Waals surface area contributed by atoms with Gasteiger partial charge in [0.2, 0.25) is 5.91 Å². The van der Waals surface area contributed by atoms with E-state index in [-0.39, 0.29) is 36.6 Å². The van der Waals surface area contributed by atoms with E-state index in [1.807, 2.05) is 27.7 Å². The van der Waals surface area contributed by atoms with E-state index >= 15 is 0 Å². The molecule has 9 heteroatoms. The molecule has 0 bridgehead atoms. The Bertz CT molecular complexity index is 502. The van der Waals surface area contributed by atoms with E-state index in [2.05, 4.69) is 0 Å². The summed E-state index contributed by atoms with van der Waals surface area (Å²) in [6.45, 7) is 9.83. The Balaban J connectivity index is 0.00000676. The van der Waals surface area contributed by atoms with Crippen LogP contribution in [0.2, 0.25) is 6.32 Å². The molecule has 0 aromatic heterocycles. The fourth-order valence-electron chi connectivity index (χ4n) is 3.33. The predicted molar refractivity (Wildman–Crippen MR) is 109 cm³/mol. The summed E-state index contributed by atoms with van der Waals surface area (Å²) < 4.78 is 11.9. The van der Waals surface area contributed by atoms with Crippen LogP contribution in [-0.4, -0.2) is 59.3 Å². The third kappa shape index (κ3) is 6.08. The smallest absolute Gasteiger partial charge is 0.457 e. The molecule has 0 aromatic carbocycles. The maximum Gasteiger partial charge on any atom is 0.457 e. The Morgan fingerprint density at radius 2 is 1.56 bits per heavy atom. The van der Waals surface area contributed by atoms with E-state index in [1.54, 1.807) is 7.05 Å². The molecule has 1 fully saturated rings. The molecule has 1 heterocycles. The zero-order valence-electron chi connectivity index (χ0n) is 17.5. The van der Waals surface area contributed by atoms with Gasteiger partial charge in [0, 0.05) is 14.0 Å². The van der Waals surface area contributed by atoms with Crippen molar-refractivity contribution in [2.24, 2.45) is 5.73 Å². The van der Waals surface area contributed by atoms with Crippen LogP contribution in [0.5, 0.6) is 0 Å². The highest BCUT2D eigenvalue weighted by molar-refractivity contribution is 6.45. The van der Waals surface area contributed by atoms with Gasteiger partial charge in [-0.2, -0.15) is 0 Å². The lowest BCUT2D eigenvalue weighted by Crippen LogP contribution is -2.55. The number of carbonyl (C=O) groups is 2. The maximum absolute atomic E-state index is 12.0. The largest absolute Gasteiger partial charge is 0.479 e. The van der Waals surface area contributed by atoms with Gasteiger partial charge in [0.05, 0.1) is 11.2 Å². The highest BCUT2D eigenvalue weighted by atomic mass is 35.5. The average Bonchev–Trinajstić information content (AvgIpc) is 2.73. The number of hydrogen-bond acceptors (Lipinski definition) is 5. The third-order valence-corrected chi connectivity index (χ3v) is 5.89. The van der Waals surface area contributed by atoms with Crippen LogP contribution in [0, 0.1) is 0 Å². The van der Waals surface area contributed by atoms with Crippen LogP contribution in [-0.2, 0) is 18.9 Å². The van der Waals surface area contributed by atoms with Gasteiger partial charge in [-0.15, -0.1) is 12.4 Å². The standard InChI is InChI=1S/C18H35BN2O5.ClH/c1-14(22)21(6)18(15(23)24,11-9-13-20)10-7-8-12-19-25-16(2,3)17(4,5)26-19;/h7-13,20H2,1-6H3,(H,23,24);1H. The molecular weight excluding hydrogens is 370 g/mol. The Morgan fingerprint density at radius 1 is 1.07 bits per heavy atom. The van der Waals surface area contributed by atoms with Gasteiger partial charge >= 0.3 is 13.1 Å². The second-order valence-electron chi connectivity index (χ2n) is 8.24. The number of aliphatic carboxylic acids is 1. The SMILES string of the molecule is CC(=O)N(C)C(CCCN)(CCCCB1OC(C)(C)C(C)(C)O1)C(=O)O.Cl. The molecule has 1 saturated heterocycles. The lowest BCUT2D eigenvalue weighted by atomic mass is 9.79. The van der Waals surface area contributed by atoms with E-state index in [9.17, 15) is 14.7 Å². The highest BCUT2D eigenvalue weighted by Gasteiger charge is 2.50. The molecule has 27 heavy (non-hydrogen) atoms. The van der Waals surface area contributed by atoms with Gasteiger partial charge in [0.1, 0.15) is 5.54 Å². The summed E-state index contributed by atoms with van der Waals surface area (Å²) in [7, 11) is 1.27. The summed E-state index contributed by atoms with van der Waals surface area (Å²) in [4.78, 5) is 25.2. The lowest BCUT2D eigenvalue weighted by molar-refractivity contribution is -0.158. The Labute approximate surface area is 169 Å². The molecule has 3 N–H and O–H groups in total. The summed E-state index contributed by atoms with van der Waals surface area (Å²) in [5, 5.41) is 9.83. The van der Waals surface area contributed by atoms with Gasteiger partial charge in [-0.25, -0.2) is 4.79 Å². The summed E-state index contributed by atoms with van der Waals surface area (Å²) in [5.41, 5.74) is 3.64. The number of carboxylic acid groups (broad SMARTS) is 1. The maximum atomic E-state index is 12.0. The first kappa shape index (κ1) is 26.2. The van der Waals surface area contributed by atoms with Crippen LogP contribution in [0.15, 0.2) is 0 Å². The van der Waals surface area contributed by atoms with Crippen molar-refractivity contribution in [1.82, 2.24) is 4.90 Å². The number of hydrogen-bond donors (Lipinski definition) is 2. The number of unbranched alkanes of at least 4 members (excludes halogenated alkanes) is 1. The molecule has 1 atom stereocenters. The van der Waals surface area contributed by atoms with E-state index in [0.717, 1.165) is 6.42 Å². The molecule has 7 nitrogen and oxygen atoms in total. The van der Waals surface area contributed by atoms with Crippen molar-refractivity contribution < 1.29 is 24.0 Å². The lowest BCUT2D eigenvalue weighted by Gasteiger charge is -2.38. The second-order valence-corrected chi connectivity index (χ2v) is 8.24. The number of halogens is 1. The molecule has 0 aliphatic carbocycles. The quantitative estimate of drug-likeness (QED) is 0.427. The molecule has 0 aromatic rings. The van der Waals surface area contributed by atoms with Crippen LogP contribution in [0.25, 0.3) is 0 Å². The molecule has 1 aliphatic rings. The molecule has 158 valence electrons. The summed E-state index contributed by atoms with van der Waals surface area (Å²) in [5.74, 6) is -1.23. The normalized spacial score (nSPS) is 19.9. The van der Waals surface area contributed by atoms with Crippen molar-refractivity contribution in [2.45, 2.75) is 89.8 Å². The van der Waals surface area contributed by atoms with Gasteiger partial charge in [0.25, 0.3) is 0 Å². The number of carbonyl (C=O) groups excluding carboxylic acids is 1. The van der Waals surface area contributed by atoms with Crippen LogP contribution in [0.3, 0.4) is 0 Å². The van der Waals surface area contributed by atoms with Crippen molar-refractivity contribution in [3.63, 3.8) is 0 Å². The predicted octanol–water partition coefficient (Wildman–Crippen LogP) is 2.71. The second kappa shape index (κ2) is 10.1. The minimum absolute atomic E-state index is 0. The number of nitrogens with zero attached hydrogens (tertiary/aromatic N) is 1. The van der Waals surface area contributed by atoms with Gasteiger partial charge in [-0.05, 0) is 59.8 Å². The van der Waals surface area contributed by atoms with Crippen LogP contribution >= 0.6 is 12.4 Å². The monoisotopic (exact) mass is 406 g/mol. The number of amides is 1. The summed E-state index contributed by atoms with van der Waals surface area (Å²) in [6, 6.07) is 0. The molecule has 1 amide bonds. The fraction of sp³-hybridized carbons (Fsp3) is 0.889. The molecule has 0 radical (unpaired) electrons. The summed E-state index contributed by atoms with van der Waals surface area (Å²) >= 11 is 0. The van der Waals surface area contributed by atoms with Gasteiger partial charge in [-0.1, -0.05) is 12.8 Å². The topological polar surface area (TPSA) is 102 Å². The molecule has 0 saturated carbocycles. The summed E-state index contributed by atoms with van der Waals surface area (Å²) in [6.07, 6.45) is 3.42. The highest BCUT2D eigenvalue weighted by Crippen LogP contribution is 2.38. The van der Waals surface area contributed by atoms with Gasteiger partial charge < -0.3 is 25.0 Å². The van der Waals surface area contributed by atoms with Gasteiger partial charge in [0.15, 0.2) is 0 Å². The first-order valence-electron chi connectivity index (χ1n) is 9.43. The van der Waals surface area contributed by atoms with Crippen LogP contribution < -0.4 is 5.73 Å². The molecular formula is C18H36BClN2O5. The van der Waals surface area contributed by atoms with E-state index in [1.165, 1.54) is 11.8 Å². The zero-order valence-corrected chi connectivity index (χ0v) is 18.4. The first-order chi connectivity index (χ1) is 11.9. The Morgan fingerprint density at radius 3 is 1.96 bits per heavy atom. The van der Waals surface area contributed by atoms with Crippen LogP contribution in [0.4, 0.5) is 0 Å². The first-order valence-corrected chi connectivity index (χ1v) is 9.43. The Hall–Kier alpha value is -0.825. The Kier molecular flexibility index (Phi) is 9.79. The molecule has 1 rings (SSSR count). The molecule has 1 aliphatic heterocycles. The third-order valence-electron chi connectivity index (χ3n) is 5.89. The number of carboxylic acids is 1. The molecule has 1 unspecified atom stereocenters. The van der Waals surface area contributed by atoms with E-state index < -0.39 is 11.5 Å². The van der Waals surface area contributed by atoms with Crippen LogP contribution in [0.1, 0.15) is 66.7 Å². The zero-order chi connectivity index (χ0) is 20.2. The van der Waals surface area contributed by atoms with Crippen molar-refractivity contribution in [2.75, 3.05) is 13.6 Å². The minimum atomic E-state index is -1.21. The number of rotatable bonds is 10. The van der Waals surface area contributed by atoms with Gasteiger partial charge in [-0.3, -0.25) is 4.79 Å². The fourth-order valence-corrected chi connectivity index (χ4v) is 3.33.